The van der Waals surface area contributed by atoms with Crippen molar-refractivity contribution in [3.63, 3.8) is 0 Å². The minimum absolute atomic E-state index is 0.120. The number of rotatable bonds is 5. The summed E-state index contributed by atoms with van der Waals surface area (Å²) in [6, 6.07) is 10.9. The van der Waals surface area contributed by atoms with Gasteiger partial charge in [-0.15, -0.1) is 11.3 Å². The van der Waals surface area contributed by atoms with E-state index in [1.54, 1.807) is 42.7 Å². The van der Waals surface area contributed by atoms with Gasteiger partial charge < -0.3 is 4.74 Å². The van der Waals surface area contributed by atoms with Gasteiger partial charge in [0.15, 0.2) is 0 Å². The predicted octanol–water partition coefficient (Wildman–Crippen LogP) is 2.97. The lowest BCUT2D eigenvalue weighted by Crippen LogP contribution is -2.52. The fraction of sp³-hybridized carbons (Fsp3) is 0.400. The molecule has 0 N–H and O–H groups in total. The Kier molecular flexibility index (Phi) is 5.82. The van der Waals surface area contributed by atoms with Crippen LogP contribution in [-0.4, -0.2) is 60.9 Å². The summed E-state index contributed by atoms with van der Waals surface area (Å²) in [5, 5.41) is 0. The summed E-state index contributed by atoms with van der Waals surface area (Å²) < 4.78 is 6.30. The van der Waals surface area contributed by atoms with Crippen LogP contribution in [0.15, 0.2) is 40.2 Å². The van der Waals surface area contributed by atoms with Crippen molar-refractivity contribution in [2.75, 3.05) is 38.2 Å². The second kappa shape index (κ2) is 8.32. The van der Waals surface area contributed by atoms with E-state index in [4.69, 9.17) is 4.74 Å². The highest BCUT2D eigenvalue weighted by Gasteiger charge is 2.43. The molecule has 8 heteroatoms. The quantitative estimate of drug-likeness (QED) is 0.637. The highest BCUT2D eigenvalue weighted by Crippen LogP contribution is 2.28. The van der Waals surface area contributed by atoms with Crippen LogP contribution in [0.3, 0.4) is 0 Å². The Labute approximate surface area is 176 Å². The number of amides is 2. The SMILES string of the molecule is COc1ccc(N2C(=O)C[C@@H](N3CCN(Cc4ccc(Br)s4)CC3)C2=O)cc1. The molecule has 2 aromatic rings. The number of carbonyl (C=O) groups excluding carboxylic acids is 2. The second-order valence-electron chi connectivity index (χ2n) is 7.00. The van der Waals surface area contributed by atoms with Crippen molar-refractivity contribution in [3.8, 4) is 5.75 Å². The number of methoxy groups -OCH3 is 1. The number of ether oxygens (including phenoxy) is 1. The first-order valence-electron chi connectivity index (χ1n) is 9.26. The average molecular weight is 464 g/mol. The maximum absolute atomic E-state index is 13.0. The summed E-state index contributed by atoms with van der Waals surface area (Å²) in [7, 11) is 1.59. The van der Waals surface area contributed by atoms with Crippen molar-refractivity contribution in [1.82, 2.24) is 9.80 Å². The smallest absolute Gasteiger partial charge is 0.251 e. The third-order valence-electron chi connectivity index (χ3n) is 5.31. The Morgan fingerprint density at radius 3 is 2.39 bits per heavy atom. The highest BCUT2D eigenvalue weighted by atomic mass is 79.9. The summed E-state index contributed by atoms with van der Waals surface area (Å²) in [5.74, 6) is 0.449. The molecule has 0 saturated carbocycles. The zero-order valence-corrected chi connectivity index (χ0v) is 18.0. The normalized spacial score (nSPS) is 21.5. The number of carbonyl (C=O) groups is 2. The number of piperazine rings is 1. The molecule has 3 heterocycles. The van der Waals surface area contributed by atoms with Crippen LogP contribution in [0.25, 0.3) is 0 Å². The lowest BCUT2D eigenvalue weighted by Gasteiger charge is -2.36. The molecule has 0 bridgehead atoms. The number of hydrogen-bond donors (Lipinski definition) is 0. The molecule has 0 spiro atoms. The Hall–Kier alpha value is -1.74. The van der Waals surface area contributed by atoms with Crippen molar-refractivity contribution in [1.29, 1.82) is 0 Å². The monoisotopic (exact) mass is 463 g/mol. The van der Waals surface area contributed by atoms with Crippen LogP contribution in [0.5, 0.6) is 5.75 Å². The summed E-state index contributed by atoms with van der Waals surface area (Å²) in [4.78, 5) is 32.7. The van der Waals surface area contributed by atoms with Crippen LogP contribution in [0.2, 0.25) is 0 Å². The molecule has 0 unspecified atom stereocenters. The van der Waals surface area contributed by atoms with E-state index in [0.717, 1.165) is 36.5 Å². The van der Waals surface area contributed by atoms with Crippen LogP contribution in [0.1, 0.15) is 11.3 Å². The fourth-order valence-corrected chi connectivity index (χ4v) is 5.32. The third kappa shape index (κ3) is 4.00. The number of benzene rings is 1. The molecule has 2 aliphatic heterocycles. The van der Waals surface area contributed by atoms with Crippen LogP contribution in [-0.2, 0) is 16.1 Å². The van der Waals surface area contributed by atoms with E-state index in [1.165, 1.54) is 9.78 Å². The Morgan fingerprint density at radius 1 is 1.07 bits per heavy atom. The van der Waals surface area contributed by atoms with Gasteiger partial charge in [0.25, 0.3) is 5.91 Å². The van der Waals surface area contributed by atoms with Gasteiger partial charge in [-0.2, -0.15) is 0 Å². The van der Waals surface area contributed by atoms with Crippen molar-refractivity contribution < 1.29 is 14.3 Å². The lowest BCUT2D eigenvalue weighted by molar-refractivity contribution is -0.123. The molecule has 1 aromatic heterocycles. The van der Waals surface area contributed by atoms with Crippen LogP contribution in [0.4, 0.5) is 5.69 Å². The number of imide groups is 1. The van der Waals surface area contributed by atoms with Gasteiger partial charge in [0.1, 0.15) is 5.75 Å². The number of anilines is 1. The molecule has 2 fully saturated rings. The van der Waals surface area contributed by atoms with Gasteiger partial charge >= 0.3 is 0 Å². The Balaban J connectivity index is 1.37. The first-order valence-corrected chi connectivity index (χ1v) is 10.9. The summed E-state index contributed by atoms with van der Waals surface area (Å²) in [6.45, 7) is 4.32. The first kappa shape index (κ1) is 19.6. The zero-order valence-electron chi connectivity index (χ0n) is 15.6. The fourth-order valence-electron chi connectivity index (χ4n) is 3.79. The van der Waals surface area contributed by atoms with E-state index in [1.807, 2.05) is 0 Å². The Bertz CT molecular complexity index is 862. The van der Waals surface area contributed by atoms with E-state index in [2.05, 4.69) is 37.9 Å². The van der Waals surface area contributed by atoms with E-state index in [0.29, 0.717) is 11.4 Å². The van der Waals surface area contributed by atoms with Crippen LogP contribution in [0, 0.1) is 0 Å². The van der Waals surface area contributed by atoms with Gasteiger partial charge in [0.2, 0.25) is 5.91 Å². The molecular weight excluding hydrogens is 442 g/mol. The molecule has 2 saturated heterocycles. The van der Waals surface area contributed by atoms with Crippen LogP contribution >= 0.6 is 27.3 Å². The highest BCUT2D eigenvalue weighted by molar-refractivity contribution is 9.11. The number of hydrogen-bond acceptors (Lipinski definition) is 6. The number of halogens is 1. The topological polar surface area (TPSA) is 53.1 Å². The summed E-state index contributed by atoms with van der Waals surface area (Å²) in [5.41, 5.74) is 0.611. The average Bonchev–Trinajstić information content (AvgIpc) is 3.25. The molecule has 1 atom stereocenters. The first-order chi connectivity index (χ1) is 13.5. The number of thiophene rings is 1. The molecule has 4 rings (SSSR count). The second-order valence-corrected chi connectivity index (χ2v) is 9.55. The molecule has 2 aliphatic rings. The third-order valence-corrected chi connectivity index (χ3v) is 6.92. The van der Waals surface area contributed by atoms with Gasteiger partial charge in [0, 0.05) is 37.6 Å². The minimum Gasteiger partial charge on any atom is -0.497 e. The molecule has 148 valence electrons. The molecule has 2 amide bonds. The van der Waals surface area contributed by atoms with Crippen molar-refractivity contribution in [2.24, 2.45) is 0 Å². The van der Waals surface area contributed by atoms with Crippen molar-refractivity contribution in [3.05, 3.63) is 45.1 Å². The molecule has 0 radical (unpaired) electrons. The van der Waals surface area contributed by atoms with Gasteiger partial charge in [-0.3, -0.25) is 19.4 Å². The van der Waals surface area contributed by atoms with E-state index in [-0.39, 0.29) is 24.3 Å². The molecule has 6 nitrogen and oxygen atoms in total. The van der Waals surface area contributed by atoms with E-state index in [9.17, 15) is 9.59 Å². The summed E-state index contributed by atoms with van der Waals surface area (Å²) >= 11 is 5.26. The van der Waals surface area contributed by atoms with Crippen molar-refractivity contribution in [2.45, 2.75) is 19.0 Å². The van der Waals surface area contributed by atoms with Crippen molar-refractivity contribution >= 4 is 44.8 Å². The lowest BCUT2D eigenvalue weighted by atomic mass is 10.1. The predicted molar refractivity (Wildman–Crippen MR) is 113 cm³/mol. The largest absolute Gasteiger partial charge is 0.497 e. The van der Waals surface area contributed by atoms with Crippen LogP contribution < -0.4 is 9.64 Å². The standard InChI is InChI=1S/C20H22BrN3O3S/c1-27-15-4-2-14(3-5-15)24-19(25)12-17(20(24)26)23-10-8-22(9-11-23)13-16-6-7-18(21)28-16/h2-7,17H,8-13H2,1H3/t17-/m1/s1. The molecule has 28 heavy (non-hydrogen) atoms. The molecule has 1 aromatic carbocycles. The minimum atomic E-state index is -0.354. The van der Waals surface area contributed by atoms with Gasteiger partial charge in [-0.25, -0.2) is 4.90 Å². The van der Waals surface area contributed by atoms with Gasteiger partial charge in [0.05, 0.1) is 29.0 Å². The molecular formula is C20H22BrN3O3S. The summed E-state index contributed by atoms with van der Waals surface area (Å²) in [6.07, 6.45) is 0.253. The Morgan fingerprint density at radius 2 is 1.79 bits per heavy atom. The molecule has 0 aliphatic carbocycles. The van der Waals surface area contributed by atoms with E-state index >= 15 is 0 Å². The van der Waals surface area contributed by atoms with E-state index < -0.39 is 0 Å². The zero-order chi connectivity index (χ0) is 19.7. The number of nitrogens with zero attached hydrogens (tertiary/aromatic N) is 3. The maximum atomic E-state index is 13.0. The maximum Gasteiger partial charge on any atom is 0.251 e. The van der Waals surface area contributed by atoms with Gasteiger partial charge in [-0.1, -0.05) is 0 Å². The van der Waals surface area contributed by atoms with Gasteiger partial charge in [-0.05, 0) is 52.3 Å².